The zero-order valence-electron chi connectivity index (χ0n) is 20.5. The van der Waals surface area contributed by atoms with Gasteiger partial charge in [-0.25, -0.2) is 8.42 Å². The van der Waals surface area contributed by atoms with Crippen LogP contribution >= 0.6 is 11.3 Å². The van der Waals surface area contributed by atoms with Crippen LogP contribution < -0.4 is 10.6 Å². The Hall–Kier alpha value is -3.17. The van der Waals surface area contributed by atoms with Crippen molar-refractivity contribution < 1.29 is 22.4 Å². The average molecular weight is 537 g/mol. The fourth-order valence-electron chi connectivity index (χ4n) is 5.59. The van der Waals surface area contributed by atoms with Gasteiger partial charge in [-0.3, -0.25) is 9.59 Å². The van der Waals surface area contributed by atoms with E-state index >= 15 is 0 Å². The smallest absolute Gasteiger partial charge is 0.254 e. The van der Waals surface area contributed by atoms with Crippen LogP contribution in [0.1, 0.15) is 46.1 Å². The van der Waals surface area contributed by atoms with Crippen molar-refractivity contribution in [3.63, 3.8) is 0 Å². The van der Waals surface area contributed by atoms with Gasteiger partial charge in [-0.05, 0) is 54.0 Å². The number of carbonyl (C=O) groups excluding carboxylic acids is 2. The van der Waals surface area contributed by atoms with Gasteiger partial charge in [-0.1, -0.05) is 37.3 Å². The van der Waals surface area contributed by atoms with E-state index < -0.39 is 15.9 Å². The largest absolute Gasteiger partial charge is 0.464 e. The fraction of sp³-hybridized carbons (Fsp3) is 0.357. The van der Waals surface area contributed by atoms with Crippen LogP contribution in [0.5, 0.6) is 0 Å². The van der Waals surface area contributed by atoms with Crippen LogP contribution in [-0.2, 0) is 33.9 Å². The number of hydrogen-bond donors (Lipinski definition) is 2. The Labute approximate surface area is 219 Å². The number of carbonyl (C=O) groups is 2. The van der Waals surface area contributed by atoms with Gasteiger partial charge in [-0.15, -0.1) is 11.3 Å². The maximum absolute atomic E-state index is 13.4. The third kappa shape index (κ3) is 4.66. The number of nitrogens with one attached hydrogen (secondary N) is 2. The third-order valence-corrected chi connectivity index (χ3v) is 10.4. The zero-order chi connectivity index (χ0) is 25.7. The van der Waals surface area contributed by atoms with E-state index in [-0.39, 0.29) is 29.7 Å². The Morgan fingerprint density at radius 2 is 1.97 bits per heavy atom. The molecule has 3 heterocycles. The van der Waals surface area contributed by atoms with Gasteiger partial charge in [-0.2, -0.15) is 0 Å². The molecule has 2 N–H and O–H groups in total. The molecule has 2 aliphatic rings. The number of hydrogen-bond acceptors (Lipinski definition) is 6. The second-order valence-electron chi connectivity index (χ2n) is 10.3. The topological polar surface area (TPSA) is 105 Å². The number of rotatable bonds is 5. The molecule has 6 rings (SSSR count). The monoisotopic (exact) mass is 536 g/mol. The summed E-state index contributed by atoms with van der Waals surface area (Å²) in [6, 6.07) is 11.5. The Bertz CT molecular complexity index is 1650. The van der Waals surface area contributed by atoms with E-state index in [0.29, 0.717) is 22.9 Å². The number of thiophene rings is 1. The van der Waals surface area contributed by atoms with E-state index in [2.05, 4.69) is 17.6 Å². The van der Waals surface area contributed by atoms with Crippen LogP contribution in [0.3, 0.4) is 0 Å². The minimum Gasteiger partial charge on any atom is -0.464 e. The number of furan rings is 1. The molecule has 1 aliphatic carbocycles. The number of benzene rings is 2. The fourth-order valence-corrected chi connectivity index (χ4v) is 8.69. The molecule has 2 aromatic heterocycles. The molecule has 1 fully saturated rings. The van der Waals surface area contributed by atoms with Crippen LogP contribution in [0, 0.1) is 5.92 Å². The normalized spacial score (nSPS) is 20.7. The lowest BCUT2D eigenvalue weighted by molar-refractivity contribution is -0.115. The van der Waals surface area contributed by atoms with Crippen molar-refractivity contribution in [3.8, 4) is 0 Å². The zero-order valence-corrected chi connectivity index (χ0v) is 22.1. The maximum Gasteiger partial charge on any atom is 0.254 e. The molecule has 1 aliphatic heterocycles. The highest BCUT2D eigenvalue weighted by atomic mass is 32.2. The molecular weight excluding hydrogens is 508 g/mol. The molecule has 9 heteroatoms. The van der Waals surface area contributed by atoms with Crippen molar-refractivity contribution >= 4 is 59.7 Å². The lowest BCUT2D eigenvalue weighted by atomic mass is 9.88. The standard InChI is InChI=1S/C28H28N2O5S2/c1-16-6-8-21-23(12-16)36-28(26(21)27(32)29-19-10-11-37(33,34)15-19)30-24(31)13-18-14-35-22-9-7-17-4-2-3-5-20(17)25(18)22/h2-5,7,9,14,16,19H,6,8,10-13,15H2,1H3,(H,29,32)(H,30,31). The first-order chi connectivity index (χ1) is 17.8. The first-order valence-electron chi connectivity index (χ1n) is 12.6. The van der Waals surface area contributed by atoms with Gasteiger partial charge in [0.15, 0.2) is 9.84 Å². The molecule has 0 spiro atoms. The van der Waals surface area contributed by atoms with Crippen LogP contribution in [0.2, 0.25) is 0 Å². The van der Waals surface area contributed by atoms with Crippen molar-refractivity contribution in [3.05, 3.63) is 64.2 Å². The lowest BCUT2D eigenvalue weighted by Crippen LogP contribution is -2.36. The highest BCUT2D eigenvalue weighted by Crippen LogP contribution is 2.40. The highest BCUT2D eigenvalue weighted by molar-refractivity contribution is 7.91. The summed E-state index contributed by atoms with van der Waals surface area (Å²) in [6.45, 7) is 2.19. The summed E-state index contributed by atoms with van der Waals surface area (Å²) < 4.78 is 29.6. The molecule has 2 aromatic carbocycles. The number of fused-ring (bicyclic) bond motifs is 4. The molecule has 7 nitrogen and oxygen atoms in total. The Kier molecular flexibility index (Phi) is 6.07. The Morgan fingerprint density at radius 1 is 1.14 bits per heavy atom. The minimum absolute atomic E-state index is 0.0364. The predicted molar refractivity (Wildman–Crippen MR) is 146 cm³/mol. The second-order valence-corrected chi connectivity index (χ2v) is 13.6. The van der Waals surface area contributed by atoms with Gasteiger partial charge in [0.1, 0.15) is 10.6 Å². The van der Waals surface area contributed by atoms with Crippen molar-refractivity contribution in [1.82, 2.24) is 5.32 Å². The van der Waals surface area contributed by atoms with Gasteiger partial charge < -0.3 is 15.1 Å². The summed E-state index contributed by atoms with van der Waals surface area (Å²) in [7, 11) is -3.12. The molecular formula is C28H28N2O5S2. The molecule has 2 amide bonds. The van der Waals surface area contributed by atoms with E-state index in [1.54, 1.807) is 6.26 Å². The Morgan fingerprint density at radius 3 is 2.78 bits per heavy atom. The summed E-state index contributed by atoms with van der Waals surface area (Å²) in [6.07, 6.45) is 4.77. The summed E-state index contributed by atoms with van der Waals surface area (Å²) in [5.74, 6) is 0.0413. The number of amides is 2. The average Bonchev–Trinajstić information content (AvgIpc) is 3.53. The van der Waals surface area contributed by atoms with Gasteiger partial charge in [0, 0.05) is 21.9 Å². The van der Waals surface area contributed by atoms with E-state index in [1.807, 2.05) is 36.4 Å². The quantitative estimate of drug-likeness (QED) is 0.379. The van der Waals surface area contributed by atoms with Crippen molar-refractivity contribution in [2.45, 2.75) is 45.1 Å². The SMILES string of the molecule is CC1CCc2c(sc(NC(=O)Cc3coc4ccc5ccccc5c34)c2C(=O)NC2CCS(=O)(=O)C2)C1. The van der Waals surface area contributed by atoms with E-state index in [0.717, 1.165) is 57.0 Å². The van der Waals surface area contributed by atoms with Crippen LogP contribution in [-0.4, -0.2) is 37.8 Å². The molecule has 0 bridgehead atoms. The summed E-state index contributed by atoms with van der Waals surface area (Å²) >= 11 is 1.46. The van der Waals surface area contributed by atoms with Crippen molar-refractivity contribution in [2.24, 2.45) is 5.92 Å². The van der Waals surface area contributed by atoms with E-state index in [1.165, 1.54) is 11.3 Å². The van der Waals surface area contributed by atoms with Crippen LogP contribution in [0.25, 0.3) is 21.7 Å². The highest BCUT2D eigenvalue weighted by Gasteiger charge is 2.33. The molecule has 4 aromatic rings. The number of sulfone groups is 1. The summed E-state index contributed by atoms with van der Waals surface area (Å²) in [4.78, 5) is 27.8. The number of anilines is 1. The predicted octanol–water partition coefficient (Wildman–Crippen LogP) is 4.87. The summed E-state index contributed by atoms with van der Waals surface area (Å²) in [5, 5.41) is 9.51. The third-order valence-electron chi connectivity index (χ3n) is 7.45. The van der Waals surface area contributed by atoms with Gasteiger partial charge in [0.2, 0.25) is 5.91 Å². The maximum atomic E-state index is 13.4. The first-order valence-corrected chi connectivity index (χ1v) is 15.2. The van der Waals surface area contributed by atoms with Gasteiger partial charge >= 0.3 is 0 Å². The minimum atomic E-state index is -3.12. The van der Waals surface area contributed by atoms with Crippen LogP contribution in [0.4, 0.5) is 5.00 Å². The van der Waals surface area contributed by atoms with E-state index in [4.69, 9.17) is 4.42 Å². The molecule has 2 unspecified atom stereocenters. The molecule has 37 heavy (non-hydrogen) atoms. The van der Waals surface area contributed by atoms with Gasteiger partial charge in [0.25, 0.3) is 5.91 Å². The molecule has 0 radical (unpaired) electrons. The van der Waals surface area contributed by atoms with Crippen molar-refractivity contribution in [1.29, 1.82) is 0 Å². The lowest BCUT2D eigenvalue weighted by Gasteiger charge is -2.19. The van der Waals surface area contributed by atoms with Crippen molar-refractivity contribution in [2.75, 3.05) is 16.8 Å². The first kappa shape index (κ1) is 24.2. The van der Waals surface area contributed by atoms with Crippen LogP contribution in [0.15, 0.2) is 47.1 Å². The molecule has 2 atom stereocenters. The summed E-state index contributed by atoms with van der Waals surface area (Å²) in [5.41, 5.74) is 3.00. The van der Waals surface area contributed by atoms with E-state index in [9.17, 15) is 18.0 Å². The molecule has 1 saturated heterocycles. The molecule has 0 saturated carbocycles. The van der Waals surface area contributed by atoms with Gasteiger partial charge in [0.05, 0.1) is 29.8 Å². The second kappa shape index (κ2) is 9.29. The molecule has 192 valence electrons. The Balaban J connectivity index is 1.28.